The summed E-state index contributed by atoms with van der Waals surface area (Å²) in [5.41, 5.74) is 2.14. The molecular weight excluding hydrogens is 358 g/mol. The van der Waals surface area contributed by atoms with Crippen LogP contribution in [0.3, 0.4) is 0 Å². The Morgan fingerprint density at radius 2 is 1.89 bits per heavy atom. The van der Waals surface area contributed by atoms with E-state index in [1.54, 1.807) is 36.0 Å². The molecular formula is C21H19N3O4. The molecule has 0 unspecified atom stereocenters. The minimum absolute atomic E-state index is 0.0258. The Morgan fingerprint density at radius 3 is 2.57 bits per heavy atom. The fraction of sp³-hybridized carbons (Fsp3) is 0.190. The zero-order valence-corrected chi connectivity index (χ0v) is 15.6. The molecule has 0 aliphatic heterocycles. The highest BCUT2D eigenvalue weighted by atomic mass is 16.5. The number of nitriles is 1. The number of amides is 1. The van der Waals surface area contributed by atoms with E-state index in [9.17, 15) is 14.9 Å². The molecule has 3 aromatic rings. The predicted octanol–water partition coefficient (Wildman–Crippen LogP) is 3.03. The van der Waals surface area contributed by atoms with Crippen molar-refractivity contribution in [1.29, 1.82) is 5.26 Å². The van der Waals surface area contributed by atoms with Crippen molar-refractivity contribution in [3.05, 3.63) is 76.8 Å². The lowest BCUT2D eigenvalue weighted by molar-refractivity contribution is -0.124. The van der Waals surface area contributed by atoms with E-state index >= 15 is 0 Å². The molecule has 1 N–H and O–H groups in total. The second-order valence-corrected chi connectivity index (χ2v) is 6.19. The van der Waals surface area contributed by atoms with Gasteiger partial charge in [-0.15, -0.1) is 0 Å². The number of furan rings is 1. The van der Waals surface area contributed by atoms with Crippen molar-refractivity contribution >= 4 is 11.9 Å². The summed E-state index contributed by atoms with van der Waals surface area (Å²) in [5.74, 6) is -0.712. The first-order chi connectivity index (χ1) is 13.5. The summed E-state index contributed by atoms with van der Waals surface area (Å²) in [5, 5.41) is 12.2. The third kappa shape index (κ3) is 3.96. The number of carbonyl (C=O) groups is 2. The summed E-state index contributed by atoms with van der Waals surface area (Å²) < 4.78 is 12.3. The number of hydrogen-bond acceptors (Lipinski definition) is 5. The van der Waals surface area contributed by atoms with E-state index in [0.29, 0.717) is 6.54 Å². The average Bonchev–Trinajstić information content (AvgIpc) is 3.32. The molecule has 1 amide bonds. The van der Waals surface area contributed by atoms with Crippen LogP contribution in [0.15, 0.2) is 53.2 Å². The number of rotatable bonds is 6. The number of ether oxygens (including phenoxy) is 1. The summed E-state index contributed by atoms with van der Waals surface area (Å²) in [6, 6.07) is 13.2. The SMILES string of the molecule is Cc1ccccc1CNC(=O)COC(=O)c1c(C)oc(-n2cccc2)c1C#N. The first kappa shape index (κ1) is 19.0. The standard InChI is InChI=1S/C21H19N3O4/c1-14-7-3-4-8-16(14)12-23-18(25)13-27-21(26)19-15(2)28-20(17(19)11-22)24-9-5-6-10-24/h3-10H,12-13H2,1-2H3,(H,23,25). The molecule has 7 heteroatoms. The molecule has 0 saturated carbocycles. The van der Waals surface area contributed by atoms with Crippen LogP contribution in [0.5, 0.6) is 0 Å². The van der Waals surface area contributed by atoms with Gasteiger partial charge in [-0.05, 0) is 37.1 Å². The highest BCUT2D eigenvalue weighted by Gasteiger charge is 2.26. The fourth-order valence-electron chi connectivity index (χ4n) is 2.79. The van der Waals surface area contributed by atoms with Crippen molar-refractivity contribution in [2.75, 3.05) is 6.61 Å². The van der Waals surface area contributed by atoms with Gasteiger partial charge in [0.05, 0.1) is 0 Å². The molecule has 142 valence electrons. The number of aromatic nitrogens is 1. The summed E-state index contributed by atoms with van der Waals surface area (Å²) in [6.07, 6.45) is 3.40. The third-order valence-electron chi connectivity index (χ3n) is 4.29. The Morgan fingerprint density at radius 1 is 1.18 bits per heavy atom. The van der Waals surface area contributed by atoms with Gasteiger partial charge in [0.15, 0.2) is 6.61 Å². The number of carbonyl (C=O) groups excluding carboxylic acids is 2. The molecule has 0 spiro atoms. The normalized spacial score (nSPS) is 10.3. The van der Waals surface area contributed by atoms with Gasteiger partial charge in [0.2, 0.25) is 5.88 Å². The molecule has 0 radical (unpaired) electrons. The van der Waals surface area contributed by atoms with Crippen LogP contribution >= 0.6 is 0 Å². The maximum absolute atomic E-state index is 12.4. The molecule has 2 aromatic heterocycles. The fourth-order valence-corrected chi connectivity index (χ4v) is 2.79. The van der Waals surface area contributed by atoms with Gasteiger partial charge in [0.25, 0.3) is 5.91 Å². The van der Waals surface area contributed by atoms with Crippen molar-refractivity contribution in [3.8, 4) is 12.0 Å². The quantitative estimate of drug-likeness (QED) is 0.666. The second kappa shape index (κ2) is 8.27. The number of esters is 1. The van der Waals surface area contributed by atoms with Crippen LogP contribution in [0.2, 0.25) is 0 Å². The molecule has 2 heterocycles. The number of hydrogen-bond donors (Lipinski definition) is 1. The number of nitrogens with one attached hydrogen (secondary N) is 1. The molecule has 0 saturated heterocycles. The summed E-state index contributed by atoms with van der Waals surface area (Å²) >= 11 is 0. The van der Waals surface area contributed by atoms with Gasteiger partial charge in [-0.25, -0.2) is 4.79 Å². The lowest BCUT2D eigenvalue weighted by Crippen LogP contribution is -2.28. The van der Waals surface area contributed by atoms with Gasteiger partial charge in [-0.2, -0.15) is 5.26 Å². The topological polar surface area (TPSA) is 97.3 Å². The summed E-state index contributed by atoms with van der Waals surface area (Å²) in [6.45, 7) is 3.42. The maximum Gasteiger partial charge on any atom is 0.343 e. The average molecular weight is 377 g/mol. The molecule has 0 atom stereocenters. The van der Waals surface area contributed by atoms with Gasteiger partial charge in [-0.1, -0.05) is 24.3 Å². The smallest absolute Gasteiger partial charge is 0.343 e. The van der Waals surface area contributed by atoms with Crippen molar-refractivity contribution in [2.24, 2.45) is 0 Å². The number of aryl methyl sites for hydroxylation is 2. The van der Waals surface area contributed by atoms with Crippen molar-refractivity contribution in [2.45, 2.75) is 20.4 Å². The van der Waals surface area contributed by atoms with E-state index in [2.05, 4.69) is 5.32 Å². The Hall–Kier alpha value is -3.79. The molecule has 0 aliphatic rings. The van der Waals surface area contributed by atoms with Crippen LogP contribution in [-0.4, -0.2) is 23.1 Å². The van der Waals surface area contributed by atoms with Crippen LogP contribution in [0.1, 0.15) is 32.8 Å². The van der Waals surface area contributed by atoms with Gasteiger partial charge < -0.3 is 14.5 Å². The second-order valence-electron chi connectivity index (χ2n) is 6.19. The molecule has 1 aromatic carbocycles. The molecule has 0 aliphatic carbocycles. The largest absolute Gasteiger partial charge is 0.452 e. The Bertz CT molecular complexity index is 1040. The Balaban J connectivity index is 1.64. The number of nitrogens with zero attached hydrogens (tertiary/aromatic N) is 2. The monoisotopic (exact) mass is 377 g/mol. The van der Waals surface area contributed by atoms with E-state index in [0.717, 1.165) is 11.1 Å². The minimum Gasteiger partial charge on any atom is -0.452 e. The van der Waals surface area contributed by atoms with Crippen molar-refractivity contribution in [3.63, 3.8) is 0 Å². The molecule has 0 bridgehead atoms. The maximum atomic E-state index is 12.4. The lowest BCUT2D eigenvalue weighted by atomic mass is 10.1. The lowest BCUT2D eigenvalue weighted by Gasteiger charge is -2.08. The number of benzene rings is 1. The first-order valence-corrected chi connectivity index (χ1v) is 8.66. The summed E-state index contributed by atoms with van der Waals surface area (Å²) in [4.78, 5) is 24.5. The van der Waals surface area contributed by atoms with Crippen LogP contribution in [0.4, 0.5) is 0 Å². The van der Waals surface area contributed by atoms with Crippen LogP contribution < -0.4 is 5.32 Å². The van der Waals surface area contributed by atoms with Crippen LogP contribution in [-0.2, 0) is 16.1 Å². The first-order valence-electron chi connectivity index (χ1n) is 8.66. The van der Waals surface area contributed by atoms with Gasteiger partial charge >= 0.3 is 5.97 Å². The molecule has 3 rings (SSSR count). The molecule has 28 heavy (non-hydrogen) atoms. The summed E-state index contributed by atoms with van der Waals surface area (Å²) in [7, 11) is 0. The predicted molar refractivity (Wildman–Crippen MR) is 101 cm³/mol. The van der Waals surface area contributed by atoms with Crippen molar-refractivity contribution in [1.82, 2.24) is 9.88 Å². The van der Waals surface area contributed by atoms with E-state index < -0.39 is 18.5 Å². The van der Waals surface area contributed by atoms with Gasteiger partial charge in [-0.3, -0.25) is 9.36 Å². The van der Waals surface area contributed by atoms with E-state index in [1.165, 1.54) is 0 Å². The zero-order chi connectivity index (χ0) is 20.1. The van der Waals surface area contributed by atoms with Crippen molar-refractivity contribution < 1.29 is 18.7 Å². The zero-order valence-electron chi connectivity index (χ0n) is 15.6. The Labute approximate surface area is 162 Å². The minimum atomic E-state index is -0.776. The highest BCUT2D eigenvalue weighted by Crippen LogP contribution is 2.26. The van der Waals surface area contributed by atoms with E-state index in [-0.39, 0.29) is 22.8 Å². The van der Waals surface area contributed by atoms with E-state index in [4.69, 9.17) is 9.15 Å². The van der Waals surface area contributed by atoms with Crippen LogP contribution in [0.25, 0.3) is 5.88 Å². The third-order valence-corrected chi connectivity index (χ3v) is 4.29. The van der Waals surface area contributed by atoms with Gasteiger partial charge in [0, 0.05) is 18.9 Å². The Kier molecular flexibility index (Phi) is 5.61. The van der Waals surface area contributed by atoms with Gasteiger partial charge in [0.1, 0.15) is 23.0 Å². The van der Waals surface area contributed by atoms with Crippen LogP contribution in [0, 0.1) is 25.2 Å². The molecule has 0 fully saturated rings. The van der Waals surface area contributed by atoms with E-state index in [1.807, 2.05) is 37.3 Å². The molecule has 7 nitrogen and oxygen atoms in total. The highest BCUT2D eigenvalue weighted by molar-refractivity contribution is 5.95.